The second-order valence-electron chi connectivity index (χ2n) is 2.96. The van der Waals surface area contributed by atoms with Crippen molar-refractivity contribution in [1.82, 2.24) is 0 Å². The molecule has 4 heteroatoms. The molecule has 0 aromatic heterocycles. The van der Waals surface area contributed by atoms with E-state index in [2.05, 4.69) is 6.58 Å². The summed E-state index contributed by atoms with van der Waals surface area (Å²) in [6.45, 7) is 6.48. The standard InChI is InChI=1S/C9H14O4/c1-3-5-13-9(4-2)6-11-8(10)12-7-9/h3H,1,4-7H2,2H3. The van der Waals surface area contributed by atoms with Crippen LogP contribution in [0, 0.1) is 0 Å². The molecule has 0 aliphatic carbocycles. The lowest BCUT2D eigenvalue weighted by molar-refractivity contribution is -0.147. The van der Waals surface area contributed by atoms with Gasteiger partial charge in [0.1, 0.15) is 18.8 Å². The van der Waals surface area contributed by atoms with Crippen molar-refractivity contribution in [2.75, 3.05) is 19.8 Å². The van der Waals surface area contributed by atoms with Gasteiger partial charge in [0.25, 0.3) is 0 Å². The number of hydrogen-bond acceptors (Lipinski definition) is 4. The van der Waals surface area contributed by atoms with Crippen molar-refractivity contribution in [3.05, 3.63) is 12.7 Å². The molecule has 0 bridgehead atoms. The summed E-state index contributed by atoms with van der Waals surface area (Å²) in [5.74, 6) is 0. The Hall–Kier alpha value is -1.03. The highest BCUT2D eigenvalue weighted by molar-refractivity contribution is 5.60. The number of ether oxygens (including phenoxy) is 3. The Balaban J connectivity index is 2.49. The Bertz CT molecular complexity index is 184. The summed E-state index contributed by atoms with van der Waals surface area (Å²) in [7, 11) is 0. The molecule has 4 nitrogen and oxygen atoms in total. The molecule has 1 fully saturated rings. The van der Waals surface area contributed by atoms with Crippen molar-refractivity contribution < 1.29 is 19.0 Å². The maximum Gasteiger partial charge on any atom is 0.508 e. The molecule has 0 unspecified atom stereocenters. The van der Waals surface area contributed by atoms with E-state index in [0.29, 0.717) is 6.61 Å². The van der Waals surface area contributed by atoms with Gasteiger partial charge in [-0.1, -0.05) is 13.0 Å². The van der Waals surface area contributed by atoms with Crippen LogP contribution in [0.25, 0.3) is 0 Å². The number of carbonyl (C=O) groups is 1. The van der Waals surface area contributed by atoms with Gasteiger partial charge >= 0.3 is 6.16 Å². The quantitative estimate of drug-likeness (QED) is 0.493. The van der Waals surface area contributed by atoms with Crippen molar-refractivity contribution >= 4 is 6.16 Å². The smallest absolute Gasteiger partial charge is 0.431 e. The summed E-state index contributed by atoms with van der Waals surface area (Å²) in [5.41, 5.74) is -0.484. The Kier molecular flexibility index (Phi) is 3.31. The van der Waals surface area contributed by atoms with Crippen LogP contribution in [0.1, 0.15) is 13.3 Å². The minimum absolute atomic E-state index is 0.260. The van der Waals surface area contributed by atoms with Gasteiger partial charge in [-0.05, 0) is 6.42 Å². The molecule has 0 N–H and O–H groups in total. The van der Waals surface area contributed by atoms with E-state index in [1.165, 1.54) is 0 Å². The zero-order valence-electron chi connectivity index (χ0n) is 7.75. The molecule has 1 saturated heterocycles. The number of hydrogen-bond donors (Lipinski definition) is 0. The van der Waals surface area contributed by atoms with E-state index in [4.69, 9.17) is 14.2 Å². The summed E-state index contributed by atoms with van der Waals surface area (Å²) in [6.07, 6.45) is 1.79. The zero-order chi connectivity index (χ0) is 9.73. The lowest BCUT2D eigenvalue weighted by Crippen LogP contribution is -2.47. The molecule has 74 valence electrons. The fourth-order valence-electron chi connectivity index (χ4n) is 1.09. The Morgan fingerprint density at radius 1 is 1.62 bits per heavy atom. The molecule has 0 aromatic rings. The van der Waals surface area contributed by atoms with Gasteiger partial charge in [0.2, 0.25) is 0 Å². The summed E-state index contributed by atoms with van der Waals surface area (Å²) < 4.78 is 15.0. The molecule has 0 radical (unpaired) electrons. The molecular weight excluding hydrogens is 172 g/mol. The van der Waals surface area contributed by atoms with Crippen LogP contribution >= 0.6 is 0 Å². The predicted molar refractivity (Wildman–Crippen MR) is 46.5 cm³/mol. The van der Waals surface area contributed by atoms with Crippen LogP contribution in [0.5, 0.6) is 0 Å². The van der Waals surface area contributed by atoms with Crippen LogP contribution < -0.4 is 0 Å². The first kappa shape index (κ1) is 10.1. The first-order chi connectivity index (χ1) is 6.22. The van der Waals surface area contributed by atoms with Crippen molar-refractivity contribution in [3.63, 3.8) is 0 Å². The second kappa shape index (κ2) is 4.28. The molecule has 0 amide bonds. The molecule has 0 saturated carbocycles. The molecule has 1 rings (SSSR count). The van der Waals surface area contributed by atoms with Crippen molar-refractivity contribution in [1.29, 1.82) is 0 Å². The van der Waals surface area contributed by atoms with E-state index in [0.717, 1.165) is 6.42 Å². The molecule has 1 aliphatic heterocycles. The molecule has 0 atom stereocenters. The van der Waals surface area contributed by atoms with Gasteiger partial charge in [0, 0.05) is 0 Å². The highest BCUT2D eigenvalue weighted by Crippen LogP contribution is 2.21. The fourth-order valence-corrected chi connectivity index (χ4v) is 1.09. The van der Waals surface area contributed by atoms with Crippen LogP contribution in [0.2, 0.25) is 0 Å². The average molecular weight is 186 g/mol. The third kappa shape index (κ3) is 2.45. The number of cyclic esters (lactones) is 2. The second-order valence-corrected chi connectivity index (χ2v) is 2.96. The van der Waals surface area contributed by atoms with Crippen LogP contribution in [0.15, 0.2) is 12.7 Å². The van der Waals surface area contributed by atoms with E-state index >= 15 is 0 Å². The molecule has 0 aromatic carbocycles. The minimum Gasteiger partial charge on any atom is -0.431 e. The van der Waals surface area contributed by atoms with Crippen LogP contribution in [-0.4, -0.2) is 31.6 Å². The van der Waals surface area contributed by atoms with E-state index in [-0.39, 0.29) is 13.2 Å². The predicted octanol–water partition coefficient (Wildman–Crippen LogP) is 1.50. The fraction of sp³-hybridized carbons (Fsp3) is 0.667. The van der Waals surface area contributed by atoms with E-state index in [1.54, 1.807) is 6.08 Å². The lowest BCUT2D eigenvalue weighted by atomic mass is 10.0. The van der Waals surface area contributed by atoms with Crippen LogP contribution in [-0.2, 0) is 14.2 Å². The maximum absolute atomic E-state index is 10.6. The first-order valence-electron chi connectivity index (χ1n) is 4.27. The van der Waals surface area contributed by atoms with Crippen molar-refractivity contribution in [3.8, 4) is 0 Å². The third-order valence-corrected chi connectivity index (χ3v) is 2.06. The van der Waals surface area contributed by atoms with Gasteiger partial charge in [-0.3, -0.25) is 0 Å². The highest BCUT2D eigenvalue weighted by Gasteiger charge is 2.36. The minimum atomic E-state index is -0.619. The Morgan fingerprint density at radius 3 is 2.69 bits per heavy atom. The van der Waals surface area contributed by atoms with Gasteiger partial charge in [-0.15, -0.1) is 6.58 Å². The topological polar surface area (TPSA) is 44.8 Å². The van der Waals surface area contributed by atoms with E-state index < -0.39 is 11.8 Å². The normalized spacial score (nSPS) is 20.2. The average Bonchev–Trinajstić information content (AvgIpc) is 2.18. The monoisotopic (exact) mass is 186 g/mol. The summed E-state index contributed by atoms with van der Waals surface area (Å²) in [6, 6.07) is 0. The van der Waals surface area contributed by atoms with Crippen molar-refractivity contribution in [2.45, 2.75) is 18.9 Å². The number of rotatable bonds is 4. The molecule has 1 heterocycles. The summed E-state index contributed by atoms with van der Waals surface area (Å²) in [4.78, 5) is 10.6. The van der Waals surface area contributed by atoms with Gasteiger partial charge in [0.15, 0.2) is 0 Å². The maximum atomic E-state index is 10.6. The van der Waals surface area contributed by atoms with E-state index in [9.17, 15) is 4.79 Å². The molecule has 1 aliphatic rings. The SMILES string of the molecule is C=CCOC1(CC)COC(=O)OC1. The number of carbonyl (C=O) groups excluding carboxylic acids is 1. The lowest BCUT2D eigenvalue weighted by Gasteiger charge is -2.34. The van der Waals surface area contributed by atoms with E-state index in [1.807, 2.05) is 6.92 Å². The molecular formula is C9H14O4. The Labute approximate surface area is 77.5 Å². The van der Waals surface area contributed by atoms with Gasteiger partial charge < -0.3 is 14.2 Å². The molecule has 0 spiro atoms. The summed E-state index contributed by atoms with van der Waals surface area (Å²) in [5, 5.41) is 0. The van der Waals surface area contributed by atoms with Gasteiger partial charge in [-0.2, -0.15) is 0 Å². The van der Waals surface area contributed by atoms with Crippen LogP contribution in [0.4, 0.5) is 4.79 Å². The largest absolute Gasteiger partial charge is 0.508 e. The van der Waals surface area contributed by atoms with Gasteiger partial charge in [0.05, 0.1) is 6.61 Å². The molecule has 13 heavy (non-hydrogen) atoms. The summed E-state index contributed by atoms with van der Waals surface area (Å²) >= 11 is 0. The van der Waals surface area contributed by atoms with Crippen LogP contribution in [0.3, 0.4) is 0 Å². The Morgan fingerprint density at radius 2 is 2.23 bits per heavy atom. The third-order valence-electron chi connectivity index (χ3n) is 2.06. The first-order valence-corrected chi connectivity index (χ1v) is 4.27. The highest BCUT2D eigenvalue weighted by atomic mass is 16.7. The van der Waals surface area contributed by atoms with Crippen molar-refractivity contribution in [2.24, 2.45) is 0 Å². The zero-order valence-corrected chi connectivity index (χ0v) is 7.75. The van der Waals surface area contributed by atoms with Gasteiger partial charge in [-0.25, -0.2) is 4.79 Å².